The summed E-state index contributed by atoms with van der Waals surface area (Å²) < 4.78 is 9.11. The molecule has 0 atom stereocenters. The molecular formula is C27H41N3O11. The van der Waals surface area contributed by atoms with Crippen LogP contribution in [0.5, 0.6) is 0 Å². The van der Waals surface area contributed by atoms with Gasteiger partial charge < -0.3 is 35.8 Å². The molecule has 0 rings (SSSR count). The van der Waals surface area contributed by atoms with Gasteiger partial charge in [0.1, 0.15) is 6.73 Å². The van der Waals surface area contributed by atoms with Crippen molar-refractivity contribution in [2.24, 2.45) is 5.73 Å². The van der Waals surface area contributed by atoms with Crippen molar-refractivity contribution in [3.8, 4) is 6.07 Å². The molecule has 230 valence electrons. The van der Waals surface area contributed by atoms with Crippen LogP contribution < -0.4 is 11.1 Å². The van der Waals surface area contributed by atoms with E-state index in [0.717, 1.165) is 31.1 Å². The van der Waals surface area contributed by atoms with E-state index in [-0.39, 0.29) is 30.1 Å². The summed E-state index contributed by atoms with van der Waals surface area (Å²) in [6.07, 6.45) is 7.12. The normalized spacial score (nSPS) is 7.46. The third-order valence-corrected chi connectivity index (χ3v) is 2.76. The number of nitrogens with zero attached hydrogens (tertiary/aromatic N) is 1. The number of unbranched alkanes of at least 4 members (excludes halogenated alkanes) is 1. The third kappa shape index (κ3) is 72.0. The van der Waals surface area contributed by atoms with Crippen LogP contribution >= 0.6 is 0 Å². The van der Waals surface area contributed by atoms with Crippen LogP contribution in [0.25, 0.3) is 0 Å². The van der Waals surface area contributed by atoms with Crippen molar-refractivity contribution in [1.82, 2.24) is 5.32 Å². The Hall–Kier alpha value is -5.29. The Kier molecular flexibility index (Phi) is 49.7. The number of aliphatic carboxylic acids is 2. The van der Waals surface area contributed by atoms with E-state index < -0.39 is 24.3 Å². The van der Waals surface area contributed by atoms with Crippen molar-refractivity contribution in [2.45, 2.75) is 33.1 Å². The number of nitrogens with one attached hydrogen (secondary N) is 1. The molecule has 0 aliphatic heterocycles. The lowest BCUT2D eigenvalue weighted by Gasteiger charge is -1.97. The summed E-state index contributed by atoms with van der Waals surface area (Å²) in [5.41, 5.74) is 4.23. The second kappa shape index (κ2) is 41.8. The molecule has 0 saturated heterocycles. The van der Waals surface area contributed by atoms with Gasteiger partial charge >= 0.3 is 23.9 Å². The van der Waals surface area contributed by atoms with E-state index in [1.165, 1.54) is 12.2 Å². The Labute approximate surface area is 240 Å². The number of carboxylic acids is 2. The van der Waals surface area contributed by atoms with Gasteiger partial charge in [-0.1, -0.05) is 52.8 Å². The summed E-state index contributed by atoms with van der Waals surface area (Å²) in [6.45, 7) is 23.2. The van der Waals surface area contributed by atoms with Crippen molar-refractivity contribution in [3.05, 3.63) is 75.4 Å². The predicted octanol–water partition coefficient (Wildman–Crippen LogP) is 1.95. The molecule has 2 amide bonds. The van der Waals surface area contributed by atoms with Crippen LogP contribution in [-0.4, -0.2) is 71.0 Å². The SMILES string of the molecule is C=C(CC(=O)O)C(=O)O.C=CC#N.C=CC(=O)NCO.C=CC(=O)OCC.C=CC(=O)OCCCC.C=CC(N)=O. The van der Waals surface area contributed by atoms with E-state index in [1.807, 2.05) is 6.92 Å². The molecule has 0 saturated carbocycles. The van der Waals surface area contributed by atoms with Gasteiger partial charge in [-0.2, -0.15) is 5.26 Å². The lowest BCUT2D eigenvalue weighted by Crippen LogP contribution is -2.20. The van der Waals surface area contributed by atoms with E-state index in [2.05, 4.69) is 60.0 Å². The highest BCUT2D eigenvalue weighted by atomic mass is 16.5. The van der Waals surface area contributed by atoms with Gasteiger partial charge in [0.25, 0.3) is 0 Å². The largest absolute Gasteiger partial charge is 0.481 e. The number of aliphatic hydroxyl groups is 1. The van der Waals surface area contributed by atoms with E-state index in [0.29, 0.717) is 13.2 Å². The summed E-state index contributed by atoms with van der Waals surface area (Å²) in [7, 11) is 0. The fraction of sp³-hybridized carbons (Fsp3) is 0.296. The number of carboxylic acid groups (broad SMARTS) is 2. The second-order valence-corrected chi connectivity index (χ2v) is 6.00. The Morgan fingerprint density at radius 2 is 1.34 bits per heavy atom. The first-order valence-electron chi connectivity index (χ1n) is 11.3. The molecule has 14 nitrogen and oxygen atoms in total. The number of allylic oxidation sites excluding steroid dienone is 1. The van der Waals surface area contributed by atoms with Crippen LogP contribution in [0, 0.1) is 11.3 Å². The predicted molar refractivity (Wildman–Crippen MR) is 153 cm³/mol. The van der Waals surface area contributed by atoms with Crippen molar-refractivity contribution in [3.63, 3.8) is 0 Å². The van der Waals surface area contributed by atoms with Gasteiger partial charge in [-0.3, -0.25) is 14.4 Å². The van der Waals surface area contributed by atoms with Gasteiger partial charge in [-0.25, -0.2) is 14.4 Å². The Morgan fingerprint density at radius 3 is 1.51 bits per heavy atom. The quantitative estimate of drug-likeness (QED) is 0.0727. The average molecular weight is 584 g/mol. The molecule has 14 heteroatoms. The summed E-state index contributed by atoms with van der Waals surface area (Å²) in [5.74, 6) is -3.97. The molecule has 0 radical (unpaired) electrons. The number of rotatable bonds is 12. The van der Waals surface area contributed by atoms with Gasteiger partial charge in [-0.05, 0) is 25.5 Å². The number of nitrogens with two attached hydrogens (primary N) is 1. The maximum atomic E-state index is 10.3. The van der Waals surface area contributed by atoms with E-state index in [9.17, 15) is 28.8 Å². The summed E-state index contributed by atoms with van der Waals surface area (Å²) in [5, 5.41) is 33.7. The molecule has 0 unspecified atom stereocenters. The lowest BCUT2D eigenvalue weighted by molar-refractivity contribution is -0.139. The van der Waals surface area contributed by atoms with Crippen molar-refractivity contribution in [2.75, 3.05) is 19.9 Å². The second-order valence-electron chi connectivity index (χ2n) is 6.00. The highest BCUT2D eigenvalue weighted by molar-refractivity contribution is 5.91. The van der Waals surface area contributed by atoms with Crippen LogP contribution in [0.3, 0.4) is 0 Å². The maximum Gasteiger partial charge on any atom is 0.331 e. The van der Waals surface area contributed by atoms with Crippen LogP contribution in [0.2, 0.25) is 0 Å². The number of hydrogen-bond acceptors (Lipinski definition) is 10. The van der Waals surface area contributed by atoms with Crippen molar-refractivity contribution >= 4 is 35.7 Å². The minimum Gasteiger partial charge on any atom is -0.481 e. The van der Waals surface area contributed by atoms with E-state index >= 15 is 0 Å². The molecule has 0 aliphatic carbocycles. The number of carbonyl (C=O) groups excluding carboxylic acids is 4. The Balaban J connectivity index is -0.0000000914. The minimum atomic E-state index is -1.27. The van der Waals surface area contributed by atoms with Gasteiger partial charge in [-0.15, -0.1) is 0 Å². The summed E-state index contributed by atoms with van der Waals surface area (Å²) in [6, 6.07) is 1.69. The fourth-order valence-electron chi connectivity index (χ4n) is 0.985. The molecular weight excluding hydrogens is 542 g/mol. The number of aliphatic hydroxyl groups excluding tert-OH is 1. The van der Waals surface area contributed by atoms with Crippen molar-refractivity contribution in [1.29, 1.82) is 5.26 Å². The number of carbonyl (C=O) groups is 6. The zero-order valence-electron chi connectivity index (χ0n) is 23.5. The number of hydrogen-bond donors (Lipinski definition) is 5. The molecule has 0 aromatic carbocycles. The summed E-state index contributed by atoms with van der Waals surface area (Å²) in [4.78, 5) is 59.6. The molecule has 0 aliphatic rings. The van der Waals surface area contributed by atoms with Crippen LogP contribution in [0.1, 0.15) is 33.1 Å². The number of ether oxygens (including phenoxy) is 2. The maximum absolute atomic E-state index is 10.3. The average Bonchev–Trinajstić information content (AvgIpc) is 2.94. The highest BCUT2D eigenvalue weighted by Crippen LogP contribution is 1.95. The van der Waals surface area contributed by atoms with Gasteiger partial charge in [0, 0.05) is 23.8 Å². The Morgan fingerprint density at radius 1 is 0.902 bits per heavy atom. The van der Waals surface area contributed by atoms with E-state index in [4.69, 9.17) is 20.6 Å². The molecule has 0 aromatic rings. The monoisotopic (exact) mass is 583 g/mol. The highest BCUT2D eigenvalue weighted by Gasteiger charge is 2.07. The van der Waals surface area contributed by atoms with Crippen LogP contribution in [0.4, 0.5) is 0 Å². The fourth-order valence-corrected chi connectivity index (χ4v) is 0.985. The lowest BCUT2D eigenvalue weighted by atomic mass is 10.2. The molecule has 41 heavy (non-hydrogen) atoms. The molecule has 0 fully saturated rings. The topological polar surface area (TPSA) is 243 Å². The number of nitriles is 1. The smallest absolute Gasteiger partial charge is 0.331 e. The van der Waals surface area contributed by atoms with Crippen LogP contribution in [0.15, 0.2) is 75.4 Å². The first-order valence-corrected chi connectivity index (χ1v) is 11.3. The van der Waals surface area contributed by atoms with Gasteiger partial charge in [0.2, 0.25) is 11.8 Å². The van der Waals surface area contributed by atoms with Gasteiger partial charge in [0.15, 0.2) is 0 Å². The first-order chi connectivity index (χ1) is 19.1. The van der Waals surface area contributed by atoms with Gasteiger partial charge in [0.05, 0.1) is 25.7 Å². The Bertz CT molecular complexity index is 867. The number of amides is 2. The molecule has 0 bridgehead atoms. The molecule has 6 N–H and O–H groups in total. The third-order valence-electron chi connectivity index (χ3n) is 2.76. The van der Waals surface area contributed by atoms with E-state index in [1.54, 1.807) is 13.0 Å². The zero-order chi connectivity index (χ0) is 33.6. The zero-order valence-corrected chi connectivity index (χ0v) is 23.5. The van der Waals surface area contributed by atoms with Crippen LogP contribution in [-0.2, 0) is 38.2 Å². The molecule has 0 spiro atoms. The molecule has 0 heterocycles. The standard InChI is InChI=1S/C7H12O2.C5H6O4.C5H8O2.C4H7NO2.C3H5NO.C3H3N/c1-3-5-6-9-7(8)4-2;1-3(5(8)9)2-4(6)7;1-3-5(6)7-4-2;1-2-4(7)5-3-6;1-2-3(4)5;1-2-3-4/h4H,2-3,5-6H2,1H3;1-2H2,(H,6,7)(H,8,9);3H,1,4H2,2H3;2,6H,1,3H2,(H,5,7);2H,1H2,(H2,4,5);2H,1H2. The van der Waals surface area contributed by atoms with Crippen molar-refractivity contribution < 1.29 is 53.6 Å². The number of esters is 2. The summed E-state index contributed by atoms with van der Waals surface area (Å²) >= 11 is 0. The number of primary amides is 1. The minimum absolute atomic E-state index is 0.303. The first kappa shape index (κ1) is 48.7. The molecule has 0 aromatic heterocycles.